The lowest BCUT2D eigenvalue weighted by molar-refractivity contribution is 0.102. The van der Waals surface area contributed by atoms with Crippen molar-refractivity contribution in [1.29, 1.82) is 0 Å². The third-order valence-electron chi connectivity index (χ3n) is 3.08. The van der Waals surface area contributed by atoms with Crippen LogP contribution in [0.4, 0.5) is 5.69 Å². The zero-order valence-electron chi connectivity index (χ0n) is 13.0. The molecule has 0 aliphatic rings. The van der Waals surface area contributed by atoms with Crippen LogP contribution >= 0.6 is 0 Å². The molecule has 0 saturated carbocycles. The highest BCUT2D eigenvalue weighted by molar-refractivity contribution is 7.89. The second-order valence-electron chi connectivity index (χ2n) is 4.82. The number of nitrogens with zero attached hydrogens (tertiary/aromatic N) is 2. The third-order valence-corrected chi connectivity index (χ3v) is 4.91. The van der Waals surface area contributed by atoms with E-state index in [0.717, 1.165) is 4.31 Å². The Hall–Kier alpha value is -2.45. The van der Waals surface area contributed by atoms with Gasteiger partial charge in [0.25, 0.3) is 5.91 Å². The van der Waals surface area contributed by atoms with Gasteiger partial charge in [-0.05, 0) is 30.3 Å². The summed E-state index contributed by atoms with van der Waals surface area (Å²) in [5.74, 6) is -0.224. The van der Waals surface area contributed by atoms with Crippen molar-refractivity contribution in [3.8, 4) is 5.75 Å². The van der Waals surface area contributed by atoms with Crippen molar-refractivity contribution in [2.75, 3.05) is 26.5 Å². The van der Waals surface area contributed by atoms with Gasteiger partial charge in [-0.25, -0.2) is 12.7 Å². The number of rotatable bonds is 5. The number of carbonyl (C=O) groups is 1. The molecule has 2 rings (SSSR count). The number of aromatic nitrogens is 1. The molecule has 2 aromatic rings. The topological polar surface area (TPSA) is 88.6 Å². The fourth-order valence-corrected chi connectivity index (χ4v) is 2.92. The quantitative estimate of drug-likeness (QED) is 0.896. The number of pyridine rings is 1. The second-order valence-corrected chi connectivity index (χ2v) is 6.94. The zero-order chi connectivity index (χ0) is 17.0. The Labute approximate surface area is 135 Å². The monoisotopic (exact) mass is 335 g/mol. The van der Waals surface area contributed by atoms with Gasteiger partial charge in [-0.3, -0.25) is 9.78 Å². The second kappa shape index (κ2) is 6.76. The van der Waals surface area contributed by atoms with Crippen LogP contribution in [0, 0.1) is 0 Å². The van der Waals surface area contributed by atoms with E-state index in [1.54, 1.807) is 24.3 Å². The molecule has 23 heavy (non-hydrogen) atoms. The van der Waals surface area contributed by atoms with Crippen molar-refractivity contribution in [3.63, 3.8) is 0 Å². The van der Waals surface area contributed by atoms with Crippen molar-refractivity contribution >= 4 is 21.6 Å². The van der Waals surface area contributed by atoms with Crippen LogP contribution in [0.1, 0.15) is 10.5 Å². The van der Waals surface area contributed by atoms with E-state index in [0.29, 0.717) is 5.69 Å². The Kier molecular flexibility index (Phi) is 4.97. The van der Waals surface area contributed by atoms with Crippen LogP contribution in [0.5, 0.6) is 5.75 Å². The summed E-state index contributed by atoms with van der Waals surface area (Å²) in [4.78, 5) is 16.0. The van der Waals surface area contributed by atoms with Gasteiger partial charge in [0.1, 0.15) is 16.3 Å². The van der Waals surface area contributed by atoms with Gasteiger partial charge in [0.15, 0.2) is 0 Å². The summed E-state index contributed by atoms with van der Waals surface area (Å²) in [6.07, 6.45) is 1.50. The Balaban J connectivity index is 2.37. The highest BCUT2D eigenvalue weighted by atomic mass is 32.2. The van der Waals surface area contributed by atoms with Crippen molar-refractivity contribution in [2.45, 2.75) is 4.90 Å². The Bertz CT molecular complexity index is 805. The van der Waals surface area contributed by atoms with E-state index >= 15 is 0 Å². The number of benzene rings is 1. The van der Waals surface area contributed by atoms with E-state index in [-0.39, 0.29) is 16.3 Å². The van der Waals surface area contributed by atoms with Crippen LogP contribution in [-0.4, -0.2) is 44.8 Å². The molecule has 0 radical (unpaired) electrons. The highest BCUT2D eigenvalue weighted by Crippen LogP contribution is 2.28. The number of hydrogen-bond acceptors (Lipinski definition) is 5. The summed E-state index contributed by atoms with van der Waals surface area (Å²) in [6.45, 7) is 0. The average molecular weight is 335 g/mol. The molecule has 1 aromatic heterocycles. The van der Waals surface area contributed by atoms with Gasteiger partial charge in [-0.1, -0.05) is 6.07 Å². The van der Waals surface area contributed by atoms with Gasteiger partial charge in [0.2, 0.25) is 10.0 Å². The molecule has 0 aliphatic heterocycles. The summed E-state index contributed by atoms with van der Waals surface area (Å²) >= 11 is 0. The van der Waals surface area contributed by atoms with E-state index in [1.165, 1.54) is 39.5 Å². The summed E-state index contributed by atoms with van der Waals surface area (Å²) in [6, 6.07) is 9.37. The molecule has 0 atom stereocenters. The molecule has 0 unspecified atom stereocenters. The summed E-state index contributed by atoms with van der Waals surface area (Å²) < 4.78 is 30.9. The number of sulfonamides is 1. The van der Waals surface area contributed by atoms with Crippen LogP contribution in [0.2, 0.25) is 0 Å². The van der Waals surface area contributed by atoms with Crippen LogP contribution in [0.25, 0.3) is 0 Å². The Morgan fingerprint density at radius 3 is 2.52 bits per heavy atom. The minimum Gasteiger partial charge on any atom is -0.495 e. The third kappa shape index (κ3) is 3.66. The number of nitrogens with one attached hydrogen (secondary N) is 1. The van der Waals surface area contributed by atoms with Crippen molar-refractivity contribution < 1.29 is 17.9 Å². The molecule has 1 aromatic carbocycles. The first kappa shape index (κ1) is 16.9. The van der Waals surface area contributed by atoms with E-state index in [9.17, 15) is 13.2 Å². The summed E-state index contributed by atoms with van der Waals surface area (Å²) in [5.41, 5.74) is 0.571. The van der Waals surface area contributed by atoms with Crippen LogP contribution in [-0.2, 0) is 10.0 Å². The molecule has 0 saturated heterocycles. The lowest BCUT2D eigenvalue weighted by Crippen LogP contribution is -2.23. The van der Waals surface area contributed by atoms with Crippen LogP contribution in [0.15, 0.2) is 47.5 Å². The molecule has 1 N–H and O–H groups in total. The summed E-state index contributed by atoms with van der Waals surface area (Å²) in [5, 5.41) is 2.62. The maximum atomic E-state index is 12.3. The van der Waals surface area contributed by atoms with Crippen molar-refractivity contribution in [1.82, 2.24) is 9.29 Å². The molecule has 1 heterocycles. The first-order chi connectivity index (χ1) is 10.9. The normalized spacial score (nSPS) is 11.3. The van der Waals surface area contributed by atoms with Gasteiger partial charge in [-0.15, -0.1) is 0 Å². The van der Waals surface area contributed by atoms with Gasteiger partial charge in [0.05, 0.1) is 7.11 Å². The number of amides is 1. The van der Waals surface area contributed by atoms with Gasteiger partial charge in [0, 0.05) is 26.0 Å². The molecular weight excluding hydrogens is 318 g/mol. The predicted molar refractivity (Wildman–Crippen MR) is 86.1 cm³/mol. The van der Waals surface area contributed by atoms with E-state index in [1.807, 2.05) is 0 Å². The van der Waals surface area contributed by atoms with Crippen LogP contribution < -0.4 is 10.1 Å². The number of hydrogen-bond donors (Lipinski definition) is 1. The predicted octanol–water partition coefficient (Wildman–Crippen LogP) is 1.59. The lowest BCUT2D eigenvalue weighted by atomic mass is 10.2. The minimum atomic E-state index is -3.70. The van der Waals surface area contributed by atoms with E-state index < -0.39 is 15.9 Å². The Morgan fingerprint density at radius 2 is 1.96 bits per heavy atom. The van der Waals surface area contributed by atoms with Gasteiger partial charge in [-0.2, -0.15) is 0 Å². The number of ether oxygens (including phenoxy) is 1. The molecule has 122 valence electrons. The molecule has 8 heteroatoms. The maximum Gasteiger partial charge on any atom is 0.274 e. The standard InChI is InChI=1S/C15H17N3O4S/c1-18(2)23(20,21)14-10-11(7-8-13(14)22-3)17-15(19)12-6-4-5-9-16-12/h4-10H,1-3H3,(H,17,19). The van der Waals surface area contributed by atoms with E-state index in [4.69, 9.17) is 4.74 Å². The molecule has 0 fully saturated rings. The fourth-order valence-electron chi connectivity index (χ4n) is 1.84. The van der Waals surface area contributed by atoms with E-state index in [2.05, 4.69) is 10.3 Å². The number of carbonyl (C=O) groups excluding carboxylic acids is 1. The number of anilines is 1. The van der Waals surface area contributed by atoms with Gasteiger partial charge >= 0.3 is 0 Å². The SMILES string of the molecule is COc1ccc(NC(=O)c2ccccn2)cc1S(=O)(=O)N(C)C. The summed E-state index contributed by atoms with van der Waals surface area (Å²) in [7, 11) is 0.533. The largest absolute Gasteiger partial charge is 0.495 e. The maximum absolute atomic E-state index is 12.3. The molecule has 0 aliphatic carbocycles. The molecule has 1 amide bonds. The van der Waals surface area contributed by atoms with Crippen molar-refractivity contribution in [3.05, 3.63) is 48.3 Å². The molecule has 0 bridgehead atoms. The van der Waals surface area contributed by atoms with Gasteiger partial charge < -0.3 is 10.1 Å². The first-order valence-electron chi connectivity index (χ1n) is 6.69. The van der Waals surface area contributed by atoms with Crippen molar-refractivity contribution in [2.24, 2.45) is 0 Å². The number of methoxy groups -OCH3 is 1. The first-order valence-corrected chi connectivity index (χ1v) is 8.13. The minimum absolute atomic E-state index is 0.0242. The molecular formula is C15H17N3O4S. The smallest absolute Gasteiger partial charge is 0.274 e. The molecule has 7 nitrogen and oxygen atoms in total. The average Bonchev–Trinajstić information content (AvgIpc) is 2.55. The Morgan fingerprint density at radius 1 is 1.22 bits per heavy atom. The molecule has 0 spiro atoms. The fraction of sp³-hybridized carbons (Fsp3) is 0.200. The van der Waals surface area contributed by atoms with Crippen LogP contribution in [0.3, 0.4) is 0 Å². The lowest BCUT2D eigenvalue weighted by Gasteiger charge is -2.15. The zero-order valence-corrected chi connectivity index (χ0v) is 13.8. The highest BCUT2D eigenvalue weighted by Gasteiger charge is 2.23.